The van der Waals surface area contributed by atoms with Crippen molar-refractivity contribution in [3.8, 4) is 0 Å². The molecule has 0 saturated heterocycles. The van der Waals surface area contributed by atoms with E-state index in [0.29, 0.717) is 20.6 Å². The minimum Gasteiger partial charge on any atom is -0.310 e. The van der Waals surface area contributed by atoms with Crippen LogP contribution in [0.15, 0.2) is 70.5 Å². The first-order valence-corrected chi connectivity index (χ1v) is 9.92. The number of nitrogens with one attached hydrogen (secondary N) is 2. The second-order valence-corrected chi connectivity index (χ2v) is 7.55. The maximum Gasteiger partial charge on any atom is 0.271 e. The fourth-order valence-electron chi connectivity index (χ4n) is 2.53. The third-order valence-corrected chi connectivity index (χ3v) is 5.50. The summed E-state index contributed by atoms with van der Waals surface area (Å²) in [6, 6.07) is 17.1. The number of halogens is 1. The summed E-state index contributed by atoms with van der Waals surface area (Å²) in [5, 5.41) is 1.82. The Labute approximate surface area is 174 Å². The van der Waals surface area contributed by atoms with Gasteiger partial charge >= 0.3 is 0 Å². The van der Waals surface area contributed by atoms with Gasteiger partial charge in [0.1, 0.15) is 0 Å². The molecular weight excluding hydrogens is 442 g/mol. The molecule has 3 rings (SSSR count). The molecule has 6 nitrogen and oxygen atoms in total. The second kappa shape index (κ2) is 8.81. The van der Waals surface area contributed by atoms with Crippen LogP contribution in [0.4, 0.5) is 5.69 Å². The van der Waals surface area contributed by atoms with E-state index < -0.39 is 11.8 Å². The zero-order valence-corrected chi connectivity index (χ0v) is 17.2. The lowest BCUT2D eigenvalue weighted by Gasteiger charge is -2.20. The monoisotopic (exact) mass is 457 g/mol. The summed E-state index contributed by atoms with van der Waals surface area (Å²) in [6.45, 7) is 0. The molecule has 1 aromatic heterocycles. The minimum atomic E-state index is -0.526. The number of hydrogen-bond acceptors (Lipinski definition) is 4. The van der Waals surface area contributed by atoms with Crippen LogP contribution in [0, 0.1) is 0 Å². The van der Waals surface area contributed by atoms with Gasteiger partial charge in [-0.05, 0) is 51.6 Å². The Balaban J connectivity index is 1.75. The van der Waals surface area contributed by atoms with Crippen molar-refractivity contribution in [3.63, 3.8) is 0 Å². The summed E-state index contributed by atoms with van der Waals surface area (Å²) in [6.07, 6.45) is 0. The number of para-hydroxylation sites is 1. The van der Waals surface area contributed by atoms with E-state index in [9.17, 15) is 14.4 Å². The highest BCUT2D eigenvalue weighted by atomic mass is 79.9. The molecule has 3 amide bonds. The van der Waals surface area contributed by atoms with Gasteiger partial charge in [-0.3, -0.25) is 25.2 Å². The van der Waals surface area contributed by atoms with Gasteiger partial charge in [-0.1, -0.05) is 30.3 Å². The first-order chi connectivity index (χ1) is 13.5. The average Bonchev–Trinajstić information content (AvgIpc) is 3.26. The van der Waals surface area contributed by atoms with Gasteiger partial charge in [0.2, 0.25) is 0 Å². The molecule has 28 heavy (non-hydrogen) atoms. The van der Waals surface area contributed by atoms with Gasteiger partial charge in [-0.25, -0.2) is 0 Å². The maximum absolute atomic E-state index is 12.6. The number of hydrogen-bond donors (Lipinski definition) is 2. The molecule has 2 N–H and O–H groups in total. The minimum absolute atomic E-state index is 0.215. The van der Waals surface area contributed by atoms with E-state index in [-0.39, 0.29) is 11.5 Å². The number of thiophene rings is 1. The molecule has 0 aliphatic carbocycles. The Morgan fingerprint density at radius 1 is 0.857 bits per heavy atom. The molecule has 142 valence electrons. The van der Waals surface area contributed by atoms with Crippen LogP contribution in [0.2, 0.25) is 0 Å². The number of amides is 3. The molecule has 0 bridgehead atoms. The van der Waals surface area contributed by atoms with Crippen LogP contribution >= 0.6 is 27.3 Å². The SMILES string of the molecule is CN(C(=O)c1cccs1)c1ccccc1C(=O)NNC(=O)c1ccccc1Br. The topological polar surface area (TPSA) is 78.5 Å². The molecule has 0 aliphatic heterocycles. The van der Waals surface area contributed by atoms with E-state index in [1.165, 1.54) is 16.2 Å². The highest BCUT2D eigenvalue weighted by Gasteiger charge is 2.20. The highest BCUT2D eigenvalue weighted by Crippen LogP contribution is 2.22. The van der Waals surface area contributed by atoms with E-state index in [1.807, 2.05) is 5.38 Å². The lowest BCUT2D eigenvalue weighted by Crippen LogP contribution is -2.42. The number of benzene rings is 2. The number of anilines is 1. The summed E-state index contributed by atoms with van der Waals surface area (Å²) in [4.78, 5) is 39.5. The normalized spacial score (nSPS) is 10.2. The number of carbonyl (C=O) groups excluding carboxylic acids is 3. The molecule has 0 aliphatic rings. The largest absolute Gasteiger partial charge is 0.310 e. The lowest BCUT2D eigenvalue weighted by atomic mass is 10.1. The van der Waals surface area contributed by atoms with Crippen molar-refractivity contribution in [3.05, 3.63) is 86.5 Å². The number of nitrogens with zero attached hydrogens (tertiary/aromatic N) is 1. The van der Waals surface area contributed by atoms with E-state index in [0.717, 1.165) is 0 Å². The highest BCUT2D eigenvalue weighted by molar-refractivity contribution is 9.10. The molecule has 0 spiro atoms. The van der Waals surface area contributed by atoms with Crippen LogP contribution in [-0.2, 0) is 0 Å². The standard InChI is InChI=1S/C20H16BrN3O3S/c1-24(20(27)17-11-6-12-28-17)16-10-5-3-8-14(16)19(26)23-22-18(25)13-7-2-4-9-15(13)21/h2-12H,1H3,(H,22,25)(H,23,26). The first kappa shape index (κ1) is 19.8. The first-order valence-electron chi connectivity index (χ1n) is 8.25. The lowest BCUT2D eigenvalue weighted by molar-refractivity contribution is 0.0846. The molecule has 3 aromatic rings. The Hall–Kier alpha value is -2.97. The molecule has 0 radical (unpaired) electrons. The van der Waals surface area contributed by atoms with E-state index in [4.69, 9.17) is 0 Å². The van der Waals surface area contributed by atoms with Crippen LogP contribution in [0.3, 0.4) is 0 Å². The van der Waals surface area contributed by atoms with Crippen LogP contribution in [0.1, 0.15) is 30.4 Å². The maximum atomic E-state index is 12.6. The molecule has 8 heteroatoms. The van der Waals surface area contributed by atoms with Gasteiger partial charge in [-0.2, -0.15) is 0 Å². The van der Waals surface area contributed by atoms with Crippen LogP contribution < -0.4 is 15.8 Å². The third kappa shape index (κ3) is 4.29. The zero-order valence-electron chi connectivity index (χ0n) is 14.8. The van der Waals surface area contributed by atoms with Gasteiger partial charge < -0.3 is 4.90 Å². The Kier molecular flexibility index (Phi) is 6.23. The zero-order chi connectivity index (χ0) is 20.1. The smallest absolute Gasteiger partial charge is 0.271 e. The summed E-state index contributed by atoms with van der Waals surface area (Å²) in [5.74, 6) is -1.20. The fraction of sp³-hybridized carbons (Fsp3) is 0.0500. The molecule has 0 fully saturated rings. The Morgan fingerprint density at radius 3 is 2.11 bits per heavy atom. The van der Waals surface area contributed by atoms with Crippen molar-refractivity contribution in [1.82, 2.24) is 10.9 Å². The van der Waals surface area contributed by atoms with Crippen molar-refractivity contribution in [2.45, 2.75) is 0 Å². The average molecular weight is 458 g/mol. The van der Waals surface area contributed by atoms with Gasteiger partial charge in [0.25, 0.3) is 17.7 Å². The van der Waals surface area contributed by atoms with Crippen molar-refractivity contribution in [2.24, 2.45) is 0 Å². The third-order valence-electron chi connectivity index (χ3n) is 3.95. The number of hydrazine groups is 1. The van der Waals surface area contributed by atoms with Crippen molar-refractivity contribution < 1.29 is 14.4 Å². The Bertz CT molecular complexity index is 1020. The van der Waals surface area contributed by atoms with Crippen LogP contribution in [0.25, 0.3) is 0 Å². The summed E-state index contributed by atoms with van der Waals surface area (Å²) >= 11 is 4.63. The van der Waals surface area contributed by atoms with Crippen molar-refractivity contribution >= 4 is 50.7 Å². The molecular formula is C20H16BrN3O3S. The summed E-state index contributed by atoms with van der Waals surface area (Å²) in [7, 11) is 1.60. The predicted molar refractivity (Wildman–Crippen MR) is 113 cm³/mol. The van der Waals surface area contributed by atoms with Gasteiger partial charge in [0.05, 0.1) is 21.7 Å². The number of rotatable bonds is 4. The van der Waals surface area contributed by atoms with E-state index in [1.54, 1.807) is 67.7 Å². The molecule has 1 heterocycles. The molecule has 0 unspecified atom stereocenters. The fourth-order valence-corrected chi connectivity index (χ4v) is 3.69. The van der Waals surface area contributed by atoms with Crippen molar-refractivity contribution in [2.75, 3.05) is 11.9 Å². The molecule has 0 saturated carbocycles. The van der Waals surface area contributed by atoms with E-state index in [2.05, 4.69) is 26.8 Å². The molecule has 0 atom stereocenters. The van der Waals surface area contributed by atoms with E-state index >= 15 is 0 Å². The quantitative estimate of drug-likeness (QED) is 0.583. The molecule has 2 aromatic carbocycles. The summed E-state index contributed by atoms with van der Waals surface area (Å²) in [5.41, 5.74) is 5.88. The van der Waals surface area contributed by atoms with Crippen molar-refractivity contribution in [1.29, 1.82) is 0 Å². The van der Waals surface area contributed by atoms with Crippen LogP contribution in [0.5, 0.6) is 0 Å². The van der Waals surface area contributed by atoms with Gasteiger partial charge in [-0.15, -0.1) is 11.3 Å². The predicted octanol–water partition coefficient (Wildman–Crippen LogP) is 3.86. The Morgan fingerprint density at radius 2 is 1.46 bits per heavy atom. The van der Waals surface area contributed by atoms with Gasteiger partial charge in [0.15, 0.2) is 0 Å². The second-order valence-electron chi connectivity index (χ2n) is 5.75. The van der Waals surface area contributed by atoms with Crippen LogP contribution in [-0.4, -0.2) is 24.8 Å². The summed E-state index contributed by atoms with van der Waals surface area (Å²) < 4.78 is 0.614. The number of carbonyl (C=O) groups is 3. The van der Waals surface area contributed by atoms with Gasteiger partial charge in [0, 0.05) is 11.5 Å².